The normalized spacial score (nSPS) is 14.6. The molecule has 1 aliphatic heterocycles. The molecule has 0 saturated carbocycles. The van der Waals surface area contributed by atoms with E-state index in [0.717, 1.165) is 45.7 Å². The van der Waals surface area contributed by atoms with Gasteiger partial charge in [-0.2, -0.15) is 5.10 Å². The summed E-state index contributed by atoms with van der Waals surface area (Å²) in [6.45, 7) is 6.10. The van der Waals surface area contributed by atoms with Crippen molar-refractivity contribution in [3.63, 3.8) is 0 Å². The van der Waals surface area contributed by atoms with Crippen LogP contribution in [0.4, 0.5) is 5.82 Å². The molecule has 0 aromatic carbocycles. The Bertz CT molecular complexity index is 1010. The Labute approximate surface area is 183 Å². The molecule has 0 bridgehead atoms. The highest BCUT2D eigenvalue weighted by atomic mass is 32.2. The van der Waals surface area contributed by atoms with Crippen molar-refractivity contribution < 1.29 is 9.53 Å². The van der Waals surface area contributed by atoms with E-state index in [9.17, 15) is 4.79 Å². The summed E-state index contributed by atoms with van der Waals surface area (Å²) in [4.78, 5) is 24.8. The first-order valence-corrected chi connectivity index (χ1v) is 11.8. The zero-order valence-corrected chi connectivity index (χ0v) is 18.4. The fourth-order valence-electron chi connectivity index (χ4n) is 3.18. The number of morpholine rings is 1. The van der Waals surface area contributed by atoms with Crippen LogP contribution in [0.15, 0.2) is 34.9 Å². The van der Waals surface area contributed by atoms with Gasteiger partial charge in [0, 0.05) is 30.6 Å². The molecule has 1 N–H and O–H groups in total. The molecule has 158 valence electrons. The molecule has 1 fully saturated rings. The second-order valence-electron chi connectivity index (χ2n) is 6.61. The lowest BCUT2D eigenvalue weighted by Crippen LogP contribution is -2.37. The number of aromatic nitrogens is 4. The van der Waals surface area contributed by atoms with Gasteiger partial charge in [-0.1, -0.05) is 24.8 Å². The number of anilines is 1. The number of thioether (sulfide) groups is 1. The van der Waals surface area contributed by atoms with Crippen molar-refractivity contribution in [1.29, 1.82) is 0 Å². The van der Waals surface area contributed by atoms with Crippen LogP contribution in [0.25, 0.3) is 17.1 Å². The number of carbonyl (C=O) groups is 1. The third-order valence-corrected chi connectivity index (χ3v) is 6.17. The van der Waals surface area contributed by atoms with Gasteiger partial charge in [0.25, 0.3) is 0 Å². The molecular formula is C20H24N6O2S2. The molecule has 0 spiro atoms. The maximum Gasteiger partial charge on any atom is 0.244 e. The quantitative estimate of drug-likeness (QED) is 0.325. The van der Waals surface area contributed by atoms with E-state index in [2.05, 4.69) is 22.2 Å². The molecule has 30 heavy (non-hydrogen) atoms. The Morgan fingerprint density at radius 1 is 1.37 bits per heavy atom. The molecule has 8 nitrogen and oxygen atoms in total. The van der Waals surface area contributed by atoms with E-state index in [1.165, 1.54) is 0 Å². The monoisotopic (exact) mass is 444 g/mol. The largest absolute Gasteiger partial charge is 0.378 e. The van der Waals surface area contributed by atoms with Gasteiger partial charge in [-0.05, 0) is 23.3 Å². The van der Waals surface area contributed by atoms with Crippen LogP contribution in [-0.2, 0) is 16.1 Å². The van der Waals surface area contributed by atoms with Gasteiger partial charge in [-0.25, -0.2) is 14.6 Å². The Morgan fingerprint density at radius 3 is 3.00 bits per heavy atom. The average Bonchev–Trinajstić information content (AvgIpc) is 3.43. The van der Waals surface area contributed by atoms with Gasteiger partial charge in [0.1, 0.15) is 5.82 Å². The Kier molecular flexibility index (Phi) is 6.98. The van der Waals surface area contributed by atoms with E-state index in [0.29, 0.717) is 26.3 Å². The predicted octanol–water partition coefficient (Wildman–Crippen LogP) is 2.67. The van der Waals surface area contributed by atoms with Gasteiger partial charge in [0.05, 0.1) is 31.3 Å². The third-order valence-electron chi connectivity index (χ3n) is 4.60. The van der Waals surface area contributed by atoms with E-state index in [-0.39, 0.29) is 5.91 Å². The lowest BCUT2D eigenvalue weighted by Gasteiger charge is -2.28. The first kappa shape index (κ1) is 20.8. The summed E-state index contributed by atoms with van der Waals surface area (Å²) in [6, 6.07) is 3.94. The number of carbonyl (C=O) groups excluding carboxylic acids is 1. The second kappa shape index (κ2) is 10.1. The molecule has 0 unspecified atom stereocenters. The summed E-state index contributed by atoms with van der Waals surface area (Å²) >= 11 is 3.21. The van der Waals surface area contributed by atoms with Crippen LogP contribution < -0.4 is 10.2 Å². The van der Waals surface area contributed by atoms with Crippen LogP contribution in [0.2, 0.25) is 0 Å². The van der Waals surface area contributed by atoms with Crippen LogP contribution in [0.1, 0.15) is 11.8 Å². The predicted molar refractivity (Wildman–Crippen MR) is 121 cm³/mol. The summed E-state index contributed by atoms with van der Waals surface area (Å²) in [5.74, 6) is 1.69. The summed E-state index contributed by atoms with van der Waals surface area (Å²) in [6.07, 6.45) is 5.19. The SMILES string of the molecule is CCSc1nc(N2CCOCC2)c2cnn(CCNC(=O)C=Cc3cccs3)c2n1. The maximum atomic E-state index is 12.1. The topological polar surface area (TPSA) is 85.2 Å². The van der Waals surface area contributed by atoms with Crippen molar-refractivity contribution in [2.45, 2.75) is 18.6 Å². The van der Waals surface area contributed by atoms with Crippen molar-refractivity contribution in [2.24, 2.45) is 0 Å². The zero-order valence-electron chi connectivity index (χ0n) is 16.8. The van der Waals surface area contributed by atoms with Gasteiger partial charge in [0.15, 0.2) is 10.8 Å². The maximum absolute atomic E-state index is 12.1. The Balaban J connectivity index is 1.47. The number of nitrogens with one attached hydrogen (secondary N) is 1. The fourth-order valence-corrected chi connectivity index (χ4v) is 4.36. The van der Waals surface area contributed by atoms with Crippen LogP contribution in [-0.4, -0.2) is 64.3 Å². The number of ether oxygens (including phenoxy) is 1. The number of amides is 1. The highest BCUT2D eigenvalue weighted by Gasteiger charge is 2.20. The van der Waals surface area contributed by atoms with E-state index < -0.39 is 0 Å². The van der Waals surface area contributed by atoms with Crippen LogP contribution in [0.5, 0.6) is 0 Å². The summed E-state index contributed by atoms with van der Waals surface area (Å²) in [5, 5.41) is 11.1. The molecule has 3 aromatic rings. The number of thiophene rings is 1. The first-order chi connectivity index (χ1) is 14.7. The second-order valence-corrected chi connectivity index (χ2v) is 8.82. The molecule has 3 aromatic heterocycles. The van der Waals surface area contributed by atoms with Crippen molar-refractivity contribution in [3.05, 3.63) is 34.7 Å². The summed E-state index contributed by atoms with van der Waals surface area (Å²) in [5.41, 5.74) is 0.797. The van der Waals surface area contributed by atoms with Gasteiger partial charge < -0.3 is 15.0 Å². The molecule has 1 amide bonds. The average molecular weight is 445 g/mol. The molecule has 1 saturated heterocycles. The summed E-state index contributed by atoms with van der Waals surface area (Å²) in [7, 11) is 0. The van der Waals surface area contributed by atoms with Crippen LogP contribution in [0.3, 0.4) is 0 Å². The van der Waals surface area contributed by atoms with Crippen LogP contribution >= 0.6 is 23.1 Å². The molecule has 0 atom stereocenters. The highest BCUT2D eigenvalue weighted by Crippen LogP contribution is 2.27. The standard InChI is InChI=1S/C20H24N6O2S2/c1-2-29-20-23-18(25-9-11-28-12-10-25)16-14-22-26(19(16)24-20)8-7-21-17(27)6-5-15-4-3-13-30-15/h3-6,13-14H,2,7-12H2,1H3,(H,21,27). The van der Waals surface area contributed by atoms with Gasteiger partial charge in [-0.3, -0.25) is 4.79 Å². The smallest absolute Gasteiger partial charge is 0.244 e. The van der Waals surface area contributed by atoms with Crippen LogP contribution in [0, 0.1) is 0 Å². The van der Waals surface area contributed by atoms with E-state index >= 15 is 0 Å². The zero-order chi connectivity index (χ0) is 20.8. The third kappa shape index (κ3) is 5.00. The minimum atomic E-state index is -0.120. The number of fused-ring (bicyclic) bond motifs is 1. The molecule has 4 rings (SSSR count). The number of hydrogen-bond acceptors (Lipinski definition) is 8. The van der Waals surface area contributed by atoms with E-state index in [1.54, 1.807) is 29.2 Å². The molecule has 1 aliphatic rings. The van der Waals surface area contributed by atoms with Gasteiger partial charge in [-0.15, -0.1) is 11.3 Å². The molecule has 4 heterocycles. The van der Waals surface area contributed by atoms with Crippen molar-refractivity contribution in [3.8, 4) is 0 Å². The minimum absolute atomic E-state index is 0.120. The highest BCUT2D eigenvalue weighted by molar-refractivity contribution is 7.99. The number of nitrogens with zero attached hydrogens (tertiary/aromatic N) is 5. The van der Waals surface area contributed by atoms with Gasteiger partial charge >= 0.3 is 0 Å². The fraction of sp³-hybridized carbons (Fsp3) is 0.400. The number of hydrogen-bond donors (Lipinski definition) is 1. The number of rotatable bonds is 8. The summed E-state index contributed by atoms with van der Waals surface area (Å²) < 4.78 is 7.32. The first-order valence-electron chi connectivity index (χ1n) is 9.93. The van der Waals surface area contributed by atoms with E-state index in [1.807, 2.05) is 34.5 Å². The van der Waals surface area contributed by atoms with Crippen molar-refractivity contribution in [1.82, 2.24) is 25.1 Å². The molecule has 0 radical (unpaired) electrons. The Morgan fingerprint density at radius 2 is 2.23 bits per heavy atom. The van der Waals surface area contributed by atoms with Gasteiger partial charge in [0.2, 0.25) is 5.91 Å². The van der Waals surface area contributed by atoms with Crippen molar-refractivity contribution in [2.75, 3.05) is 43.5 Å². The Hall–Kier alpha value is -2.43. The minimum Gasteiger partial charge on any atom is -0.378 e. The molecule has 0 aliphatic carbocycles. The van der Waals surface area contributed by atoms with Crippen molar-refractivity contribution >= 4 is 51.9 Å². The van der Waals surface area contributed by atoms with E-state index in [4.69, 9.17) is 14.7 Å². The molecular weight excluding hydrogens is 420 g/mol. The lowest BCUT2D eigenvalue weighted by molar-refractivity contribution is -0.116. The molecule has 10 heteroatoms. The lowest BCUT2D eigenvalue weighted by atomic mass is 10.3.